The second-order valence-electron chi connectivity index (χ2n) is 5.23. The fraction of sp³-hybridized carbons (Fsp3) is 0.846. The highest BCUT2D eigenvalue weighted by molar-refractivity contribution is 5.83. The van der Waals surface area contributed by atoms with Crippen molar-refractivity contribution in [3.05, 3.63) is 0 Å². The Labute approximate surface area is 108 Å². The van der Waals surface area contributed by atoms with Crippen LogP contribution in [0.25, 0.3) is 0 Å². The van der Waals surface area contributed by atoms with Crippen LogP contribution in [0.15, 0.2) is 0 Å². The maximum atomic E-state index is 12.4. The number of nitrogens with zero attached hydrogens (tertiary/aromatic N) is 2. The van der Waals surface area contributed by atoms with Gasteiger partial charge in [0.1, 0.15) is 6.04 Å². The highest BCUT2D eigenvalue weighted by Crippen LogP contribution is 2.20. The molecule has 2 aliphatic heterocycles. The predicted octanol–water partition coefficient (Wildman–Crippen LogP) is 1.92. The second kappa shape index (κ2) is 6.07. The normalized spacial score (nSPS) is 25.7. The summed E-state index contributed by atoms with van der Waals surface area (Å²) in [6.45, 7) is 2.15. The van der Waals surface area contributed by atoms with Crippen molar-refractivity contribution in [2.75, 3.05) is 19.6 Å². The van der Waals surface area contributed by atoms with Crippen LogP contribution in [0.1, 0.15) is 44.9 Å². The minimum absolute atomic E-state index is 0.0678. The third kappa shape index (κ3) is 2.94. The van der Waals surface area contributed by atoms with E-state index in [2.05, 4.69) is 0 Å². The summed E-state index contributed by atoms with van der Waals surface area (Å²) >= 11 is 0. The maximum Gasteiger partial charge on any atom is 0.326 e. The third-order valence-corrected chi connectivity index (χ3v) is 3.91. The van der Waals surface area contributed by atoms with Gasteiger partial charge in [0, 0.05) is 19.6 Å². The van der Waals surface area contributed by atoms with E-state index in [-0.39, 0.29) is 6.03 Å². The van der Waals surface area contributed by atoms with Crippen molar-refractivity contribution in [1.82, 2.24) is 9.80 Å². The molecule has 2 amide bonds. The number of carboxylic acids is 1. The minimum atomic E-state index is -0.868. The Bertz CT molecular complexity index is 311. The van der Waals surface area contributed by atoms with Gasteiger partial charge in [0.2, 0.25) is 0 Å². The van der Waals surface area contributed by atoms with Crippen LogP contribution in [0.5, 0.6) is 0 Å². The summed E-state index contributed by atoms with van der Waals surface area (Å²) in [5.74, 6) is -0.868. The molecule has 0 aliphatic carbocycles. The van der Waals surface area contributed by atoms with E-state index in [1.54, 1.807) is 4.90 Å². The van der Waals surface area contributed by atoms with Crippen LogP contribution in [0.2, 0.25) is 0 Å². The van der Waals surface area contributed by atoms with Crippen molar-refractivity contribution in [3.63, 3.8) is 0 Å². The van der Waals surface area contributed by atoms with Gasteiger partial charge < -0.3 is 14.9 Å². The average molecular weight is 254 g/mol. The van der Waals surface area contributed by atoms with Crippen molar-refractivity contribution in [3.8, 4) is 0 Å². The summed E-state index contributed by atoms with van der Waals surface area (Å²) in [5.41, 5.74) is 0. The van der Waals surface area contributed by atoms with Gasteiger partial charge in [0.15, 0.2) is 0 Å². The molecule has 5 nitrogen and oxygen atoms in total. The van der Waals surface area contributed by atoms with Crippen molar-refractivity contribution < 1.29 is 14.7 Å². The van der Waals surface area contributed by atoms with Crippen LogP contribution >= 0.6 is 0 Å². The highest BCUT2D eigenvalue weighted by atomic mass is 16.4. The van der Waals surface area contributed by atoms with Crippen LogP contribution in [-0.2, 0) is 4.79 Å². The predicted molar refractivity (Wildman–Crippen MR) is 67.4 cm³/mol. The molecule has 1 atom stereocenters. The number of likely N-dealkylation sites (tertiary alicyclic amines) is 2. The number of carbonyl (C=O) groups is 2. The van der Waals surface area contributed by atoms with E-state index in [1.807, 2.05) is 4.90 Å². The molecule has 0 aromatic rings. The van der Waals surface area contributed by atoms with Gasteiger partial charge in [-0.1, -0.05) is 19.3 Å². The maximum absolute atomic E-state index is 12.4. The van der Waals surface area contributed by atoms with E-state index in [0.717, 1.165) is 32.4 Å². The SMILES string of the molecule is O=C(O)[C@@H]1CCCN1C(=O)N1CCCCCCC1. The van der Waals surface area contributed by atoms with Gasteiger partial charge in [-0.15, -0.1) is 0 Å². The number of carbonyl (C=O) groups excluding carboxylic acids is 1. The summed E-state index contributed by atoms with van der Waals surface area (Å²) in [4.78, 5) is 26.9. The molecule has 0 spiro atoms. The van der Waals surface area contributed by atoms with Crippen LogP contribution < -0.4 is 0 Å². The van der Waals surface area contributed by atoms with Gasteiger partial charge in [-0.3, -0.25) is 0 Å². The molecule has 1 N–H and O–H groups in total. The van der Waals surface area contributed by atoms with E-state index in [0.29, 0.717) is 13.0 Å². The first-order valence-electron chi connectivity index (χ1n) is 6.98. The number of hydrogen-bond donors (Lipinski definition) is 1. The Morgan fingerprint density at radius 1 is 0.889 bits per heavy atom. The van der Waals surface area contributed by atoms with E-state index in [9.17, 15) is 9.59 Å². The molecule has 102 valence electrons. The standard InChI is InChI=1S/C13H22N2O3/c16-12(17)11-7-6-10-15(11)13(18)14-8-4-2-1-3-5-9-14/h11H,1-10H2,(H,16,17)/t11-/m0/s1. The number of hydrogen-bond acceptors (Lipinski definition) is 2. The molecule has 0 unspecified atom stereocenters. The van der Waals surface area contributed by atoms with Gasteiger partial charge in [0.05, 0.1) is 0 Å². The van der Waals surface area contributed by atoms with Gasteiger partial charge in [-0.2, -0.15) is 0 Å². The zero-order valence-electron chi connectivity index (χ0n) is 10.8. The number of rotatable bonds is 1. The molecule has 2 rings (SSSR count). The Morgan fingerprint density at radius 2 is 1.50 bits per heavy atom. The molecular weight excluding hydrogens is 232 g/mol. The van der Waals surface area contributed by atoms with Gasteiger partial charge in [0.25, 0.3) is 0 Å². The van der Waals surface area contributed by atoms with Crippen LogP contribution in [0.3, 0.4) is 0 Å². The molecule has 0 bridgehead atoms. The Hall–Kier alpha value is -1.26. The Kier molecular flexibility index (Phi) is 4.44. The molecule has 0 saturated carbocycles. The topological polar surface area (TPSA) is 60.9 Å². The lowest BCUT2D eigenvalue weighted by Gasteiger charge is -2.31. The molecule has 2 saturated heterocycles. The lowest BCUT2D eigenvalue weighted by atomic mass is 10.1. The smallest absolute Gasteiger partial charge is 0.326 e. The summed E-state index contributed by atoms with van der Waals surface area (Å²) in [7, 11) is 0. The molecular formula is C13H22N2O3. The van der Waals surface area contributed by atoms with E-state index < -0.39 is 12.0 Å². The molecule has 2 fully saturated rings. The lowest BCUT2D eigenvalue weighted by molar-refractivity contribution is -0.141. The molecule has 0 radical (unpaired) electrons. The van der Waals surface area contributed by atoms with Gasteiger partial charge in [-0.05, 0) is 25.7 Å². The van der Waals surface area contributed by atoms with E-state index >= 15 is 0 Å². The van der Waals surface area contributed by atoms with E-state index in [4.69, 9.17) is 5.11 Å². The Morgan fingerprint density at radius 3 is 2.11 bits per heavy atom. The summed E-state index contributed by atoms with van der Waals surface area (Å²) in [5, 5.41) is 9.12. The molecule has 5 heteroatoms. The fourth-order valence-electron chi connectivity index (χ4n) is 2.87. The average Bonchev–Trinajstić information content (AvgIpc) is 2.76. The molecule has 0 aromatic carbocycles. The van der Waals surface area contributed by atoms with Crippen molar-refractivity contribution >= 4 is 12.0 Å². The second-order valence-corrected chi connectivity index (χ2v) is 5.23. The Balaban J connectivity index is 1.98. The van der Waals surface area contributed by atoms with Crippen LogP contribution in [0, 0.1) is 0 Å². The first-order valence-corrected chi connectivity index (χ1v) is 6.98. The van der Waals surface area contributed by atoms with Crippen molar-refractivity contribution in [1.29, 1.82) is 0 Å². The molecule has 0 aromatic heterocycles. The molecule has 18 heavy (non-hydrogen) atoms. The van der Waals surface area contributed by atoms with Crippen molar-refractivity contribution in [2.24, 2.45) is 0 Å². The van der Waals surface area contributed by atoms with Crippen molar-refractivity contribution in [2.45, 2.75) is 51.0 Å². The van der Waals surface area contributed by atoms with Gasteiger partial charge in [-0.25, -0.2) is 9.59 Å². The first-order chi connectivity index (χ1) is 8.70. The fourth-order valence-corrected chi connectivity index (χ4v) is 2.87. The third-order valence-electron chi connectivity index (χ3n) is 3.91. The van der Waals surface area contributed by atoms with E-state index in [1.165, 1.54) is 19.3 Å². The largest absolute Gasteiger partial charge is 0.480 e. The summed E-state index contributed by atoms with van der Waals surface area (Å²) in [6.07, 6.45) is 7.07. The summed E-state index contributed by atoms with van der Waals surface area (Å²) < 4.78 is 0. The first kappa shape index (κ1) is 13.2. The number of aliphatic carboxylic acids is 1. The van der Waals surface area contributed by atoms with Crippen LogP contribution in [-0.4, -0.2) is 52.6 Å². The summed E-state index contributed by atoms with van der Waals surface area (Å²) in [6, 6.07) is -0.676. The van der Waals surface area contributed by atoms with Crippen LogP contribution in [0.4, 0.5) is 4.79 Å². The van der Waals surface area contributed by atoms with Gasteiger partial charge >= 0.3 is 12.0 Å². The zero-order valence-corrected chi connectivity index (χ0v) is 10.8. The highest BCUT2D eigenvalue weighted by Gasteiger charge is 2.36. The molecule has 2 aliphatic rings. The number of amides is 2. The lowest BCUT2D eigenvalue weighted by Crippen LogP contribution is -2.48. The monoisotopic (exact) mass is 254 g/mol. The zero-order chi connectivity index (χ0) is 13.0. The number of carboxylic acid groups (broad SMARTS) is 1. The molecule has 2 heterocycles. The quantitative estimate of drug-likeness (QED) is 0.777. The number of urea groups is 1. The minimum Gasteiger partial charge on any atom is -0.480 e.